The average Bonchev–Trinajstić information content (AvgIpc) is 3.21. The molecule has 348 valence electrons. The van der Waals surface area contributed by atoms with Crippen LogP contribution in [0.1, 0.15) is 132 Å². The number of nitrogens with zero attached hydrogens (tertiary/aromatic N) is 4. The fourth-order valence-corrected chi connectivity index (χ4v) is 7.67. The summed E-state index contributed by atoms with van der Waals surface area (Å²) < 4.78 is 22.2. The summed E-state index contributed by atoms with van der Waals surface area (Å²) in [4.78, 5) is 75.6. The van der Waals surface area contributed by atoms with Crippen molar-refractivity contribution in [3.63, 3.8) is 0 Å². The van der Waals surface area contributed by atoms with E-state index < -0.39 is 58.6 Å². The van der Waals surface area contributed by atoms with E-state index in [1.54, 1.807) is 60.1 Å². The summed E-state index contributed by atoms with van der Waals surface area (Å²) >= 11 is 0. The minimum atomic E-state index is -1.05. The Morgan fingerprint density at radius 1 is 0.523 bits per heavy atom. The molecule has 2 aliphatic rings. The lowest BCUT2D eigenvalue weighted by atomic mass is 9.84. The van der Waals surface area contributed by atoms with Crippen LogP contribution in [0, 0.1) is 0 Å². The Labute approximate surface area is 384 Å². The molecule has 6 rings (SSSR count). The molecule has 0 unspecified atom stereocenters. The monoisotopic (exact) mass is 890 g/mol. The molecule has 2 saturated heterocycles. The van der Waals surface area contributed by atoms with Crippen LogP contribution in [0.4, 0.5) is 9.59 Å². The van der Waals surface area contributed by atoms with Crippen LogP contribution < -0.4 is 0 Å². The number of rotatable bonds is 6. The highest BCUT2D eigenvalue weighted by atomic mass is 16.6. The van der Waals surface area contributed by atoms with E-state index in [0.29, 0.717) is 13.0 Å². The maximum absolute atomic E-state index is 13.1. The molecule has 0 aliphatic carbocycles. The topological polar surface area (TPSA) is 155 Å². The molecule has 65 heavy (non-hydrogen) atoms. The fourth-order valence-electron chi connectivity index (χ4n) is 7.67. The fraction of sp³-hybridized carbons (Fsp3) is 0.481. The molecule has 0 N–H and O–H groups in total. The largest absolute Gasteiger partial charge is 0.458 e. The van der Waals surface area contributed by atoms with Gasteiger partial charge in [0.25, 0.3) is 0 Å². The molecule has 0 saturated carbocycles. The van der Waals surface area contributed by atoms with Gasteiger partial charge in [-0.05, 0) is 160 Å². The van der Waals surface area contributed by atoms with Crippen molar-refractivity contribution in [2.75, 3.05) is 6.54 Å². The van der Waals surface area contributed by atoms with Crippen LogP contribution in [0.3, 0.4) is 0 Å². The minimum absolute atomic E-state index is 0.102. The number of imide groups is 1. The first-order valence-corrected chi connectivity index (χ1v) is 22.3. The number of piperidine rings is 2. The van der Waals surface area contributed by atoms with Gasteiger partial charge in [0, 0.05) is 37.8 Å². The second-order valence-corrected chi connectivity index (χ2v) is 20.6. The zero-order valence-corrected chi connectivity index (χ0v) is 40.0. The van der Waals surface area contributed by atoms with Crippen LogP contribution in [-0.2, 0) is 33.3 Å². The van der Waals surface area contributed by atoms with Crippen LogP contribution in [0.25, 0.3) is 22.3 Å². The minimum Gasteiger partial charge on any atom is -0.458 e. The Kier molecular flexibility index (Phi) is 15.6. The van der Waals surface area contributed by atoms with Crippen molar-refractivity contribution >= 4 is 30.0 Å². The van der Waals surface area contributed by atoms with Crippen molar-refractivity contribution in [3.8, 4) is 22.3 Å². The van der Waals surface area contributed by atoms with Crippen LogP contribution in [-0.4, -0.2) is 90.8 Å². The summed E-state index contributed by atoms with van der Waals surface area (Å²) in [6.07, 6.45) is 7.43. The molecule has 4 aromatic rings. The highest BCUT2D eigenvalue weighted by Gasteiger charge is 2.46. The highest BCUT2D eigenvalue weighted by molar-refractivity contribution is 5.98. The summed E-state index contributed by atoms with van der Waals surface area (Å²) in [6, 6.07) is 22.3. The third-order valence-electron chi connectivity index (χ3n) is 10.4. The number of ether oxygens (including phenoxy) is 4. The van der Waals surface area contributed by atoms with E-state index in [4.69, 9.17) is 18.9 Å². The van der Waals surface area contributed by atoms with E-state index in [2.05, 4.69) is 34.2 Å². The summed E-state index contributed by atoms with van der Waals surface area (Å²) in [7, 11) is 0. The number of esters is 2. The number of aromatic nitrogens is 2. The van der Waals surface area contributed by atoms with Gasteiger partial charge in [0.2, 0.25) is 5.91 Å². The molecular formula is C52H66N4O9. The number of amides is 3. The standard InChI is InChI=1S/C26H32N2O5.C26H34N2O4/c1-25(2,3)32-23(30)21-14-20(15-22(29)28(21)24(31)33-26(4,5)6)18-11-9-17(10-12-18)19-8-7-13-27-16-19;1-25(2,3)31-23(29)22-16-20(13-15-28(22)24(30)32-26(4,5)6)18-9-11-19(12-10-18)21-8-7-14-27-17-21/h7-13,16,20-21H,14-15H2,1-6H3;7-12,14,17,20,22H,13,15-16H2,1-6H3/t20-,21-;20-,22+/m10/s1. The molecule has 2 aromatic heterocycles. The molecule has 0 bridgehead atoms. The van der Waals surface area contributed by atoms with Gasteiger partial charge in [-0.25, -0.2) is 24.1 Å². The predicted molar refractivity (Wildman–Crippen MR) is 249 cm³/mol. The van der Waals surface area contributed by atoms with Gasteiger partial charge in [-0.15, -0.1) is 0 Å². The third kappa shape index (κ3) is 14.7. The number of hydrogen-bond acceptors (Lipinski definition) is 11. The van der Waals surface area contributed by atoms with Crippen molar-refractivity contribution < 1.29 is 42.9 Å². The predicted octanol–water partition coefficient (Wildman–Crippen LogP) is 10.7. The van der Waals surface area contributed by atoms with E-state index in [1.165, 1.54) is 4.90 Å². The summed E-state index contributed by atoms with van der Waals surface area (Å²) in [6.45, 7) is 21.8. The van der Waals surface area contributed by atoms with Gasteiger partial charge in [-0.3, -0.25) is 19.7 Å². The first-order chi connectivity index (χ1) is 30.3. The molecule has 2 aromatic carbocycles. The first-order valence-electron chi connectivity index (χ1n) is 22.3. The molecule has 0 radical (unpaired) electrons. The van der Waals surface area contributed by atoms with Crippen LogP contribution in [0.5, 0.6) is 0 Å². The van der Waals surface area contributed by atoms with E-state index in [0.717, 1.165) is 44.7 Å². The lowest BCUT2D eigenvalue weighted by Gasteiger charge is -2.39. The molecular weight excluding hydrogens is 825 g/mol. The lowest BCUT2D eigenvalue weighted by Crippen LogP contribution is -2.55. The van der Waals surface area contributed by atoms with Gasteiger partial charge in [-0.1, -0.05) is 60.7 Å². The molecule has 4 heterocycles. The Hall–Kier alpha value is -6.11. The first kappa shape index (κ1) is 49.9. The van der Waals surface area contributed by atoms with Gasteiger partial charge in [0.1, 0.15) is 34.5 Å². The zero-order chi connectivity index (χ0) is 47.9. The number of pyridine rings is 2. The maximum atomic E-state index is 13.1. The summed E-state index contributed by atoms with van der Waals surface area (Å²) in [5, 5.41) is 0. The molecule has 2 fully saturated rings. The molecule has 2 aliphatic heterocycles. The lowest BCUT2D eigenvalue weighted by molar-refractivity contribution is -0.166. The summed E-state index contributed by atoms with van der Waals surface area (Å²) in [5.41, 5.74) is 3.42. The van der Waals surface area contributed by atoms with Gasteiger partial charge in [-0.2, -0.15) is 0 Å². The Bertz CT molecular complexity index is 2250. The summed E-state index contributed by atoms with van der Waals surface area (Å²) in [5.74, 6) is -1.53. The SMILES string of the molecule is CC(C)(C)OC(=O)[C@H]1C[C@@H](c2ccc(-c3cccnc3)cc2)CC(=O)N1C(=O)OC(C)(C)C.CC(C)(C)OC(=O)[C@H]1C[C@@H](c2ccc(-c3cccnc3)cc2)CCN1C(=O)OC(C)(C)C. The number of likely N-dealkylation sites (tertiary alicyclic amines) is 2. The van der Waals surface area contributed by atoms with Gasteiger partial charge < -0.3 is 18.9 Å². The highest BCUT2D eigenvalue weighted by Crippen LogP contribution is 2.37. The number of benzene rings is 2. The molecule has 13 heteroatoms. The average molecular weight is 891 g/mol. The zero-order valence-electron chi connectivity index (χ0n) is 40.0. The van der Waals surface area contributed by atoms with Crippen molar-refractivity contribution in [2.24, 2.45) is 0 Å². The maximum Gasteiger partial charge on any atom is 0.417 e. The normalized spacial score (nSPS) is 19.3. The van der Waals surface area contributed by atoms with E-state index in [-0.39, 0.29) is 30.6 Å². The van der Waals surface area contributed by atoms with E-state index in [9.17, 15) is 24.0 Å². The second kappa shape index (κ2) is 20.4. The third-order valence-corrected chi connectivity index (χ3v) is 10.4. The Morgan fingerprint density at radius 3 is 1.37 bits per heavy atom. The number of carbonyl (C=O) groups is 5. The van der Waals surface area contributed by atoms with E-state index >= 15 is 0 Å². The van der Waals surface area contributed by atoms with Gasteiger partial charge in [0.15, 0.2) is 0 Å². The second-order valence-electron chi connectivity index (χ2n) is 20.6. The number of hydrogen-bond donors (Lipinski definition) is 0. The molecule has 3 amide bonds. The molecule has 4 atom stereocenters. The quantitative estimate of drug-likeness (QED) is 0.134. The van der Waals surface area contributed by atoms with Crippen molar-refractivity contribution in [1.82, 2.24) is 19.8 Å². The Balaban J connectivity index is 0.000000244. The molecule has 13 nitrogen and oxygen atoms in total. The van der Waals surface area contributed by atoms with Crippen LogP contribution in [0.15, 0.2) is 97.6 Å². The van der Waals surface area contributed by atoms with Crippen molar-refractivity contribution in [1.29, 1.82) is 0 Å². The van der Waals surface area contributed by atoms with Crippen molar-refractivity contribution in [3.05, 3.63) is 109 Å². The van der Waals surface area contributed by atoms with Crippen LogP contribution in [0.2, 0.25) is 0 Å². The van der Waals surface area contributed by atoms with Crippen molar-refractivity contribution in [2.45, 2.75) is 155 Å². The number of carbonyl (C=O) groups excluding carboxylic acids is 5. The van der Waals surface area contributed by atoms with E-state index in [1.807, 2.05) is 96.3 Å². The molecule has 0 spiro atoms. The smallest absolute Gasteiger partial charge is 0.417 e. The Morgan fingerprint density at radius 2 is 0.938 bits per heavy atom. The van der Waals surface area contributed by atoms with Crippen LogP contribution >= 0.6 is 0 Å². The van der Waals surface area contributed by atoms with Gasteiger partial charge >= 0.3 is 24.1 Å². The van der Waals surface area contributed by atoms with Gasteiger partial charge in [0.05, 0.1) is 0 Å².